The highest BCUT2D eigenvalue weighted by Gasteiger charge is 2.13. The van der Waals surface area contributed by atoms with Crippen LogP contribution >= 0.6 is 11.8 Å². The zero-order valence-corrected chi connectivity index (χ0v) is 13.4. The Balaban J connectivity index is 2.25. The molecule has 3 rings (SSSR count). The minimum atomic E-state index is -0.341. The van der Waals surface area contributed by atoms with Crippen LogP contribution in [0.4, 0.5) is 4.39 Å². The molecule has 116 valence electrons. The second-order valence-electron chi connectivity index (χ2n) is 5.27. The third-order valence-electron chi connectivity index (χ3n) is 3.28. The van der Waals surface area contributed by atoms with E-state index >= 15 is 0 Å². The van der Waals surface area contributed by atoms with Gasteiger partial charge in [-0.3, -0.25) is 9.36 Å². The summed E-state index contributed by atoms with van der Waals surface area (Å²) in [5.41, 5.74) is 2.08. The molecule has 0 unspecified atom stereocenters. The third kappa shape index (κ3) is 3.19. The van der Waals surface area contributed by atoms with Crippen molar-refractivity contribution in [3.63, 3.8) is 0 Å². The minimum absolute atomic E-state index is 0.161. The standard InChI is InChI=1S/C18H15FN2OS/c1-12(2)11-23-18-20-16-6-4-3-5-15(16)17(22)21(18)14-9-7-13(19)8-10-14/h3-10H,1,11H2,2H3. The average molecular weight is 326 g/mol. The molecular weight excluding hydrogens is 311 g/mol. The van der Waals surface area contributed by atoms with Gasteiger partial charge < -0.3 is 0 Å². The molecule has 1 heterocycles. The lowest BCUT2D eigenvalue weighted by molar-refractivity contribution is 0.627. The van der Waals surface area contributed by atoms with Gasteiger partial charge in [-0.2, -0.15) is 0 Å². The van der Waals surface area contributed by atoms with Gasteiger partial charge in [0.05, 0.1) is 16.6 Å². The zero-order valence-electron chi connectivity index (χ0n) is 12.6. The van der Waals surface area contributed by atoms with E-state index in [2.05, 4.69) is 11.6 Å². The van der Waals surface area contributed by atoms with Gasteiger partial charge in [-0.25, -0.2) is 9.37 Å². The van der Waals surface area contributed by atoms with Crippen LogP contribution in [0.2, 0.25) is 0 Å². The van der Waals surface area contributed by atoms with Crippen molar-refractivity contribution in [2.75, 3.05) is 5.75 Å². The third-order valence-corrected chi connectivity index (χ3v) is 4.45. The van der Waals surface area contributed by atoms with Crippen molar-refractivity contribution in [1.29, 1.82) is 0 Å². The summed E-state index contributed by atoms with van der Waals surface area (Å²) in [6.45, 7) is 5.81. The summed E-state index contributed by atoms with van der Waals surface area (Å²) in [6, 6.07) is 13.1. The van der Waals surface area contributed by atoms with Crippen molar-refractivity contribution >= 4 is 22.7 Å². The molecule has 0 fully saturated rings. The molecular formula is C18H15FN2OS. The molecule has 0 spiro atoms. The van der Waals surface area contributed by atoms with E-state index in [0.717, 1.165) is 5.57 Å². The number of aromatic nitrogens is 2. The zero-order chi connectivity index (χ0) is 16.4. The molecule has 0 aliphatic heterocycles. The van der Waals surface area contributed by atoms with Crippen LogP contribution < -0.4 is 5.56 Å². The van der Waals surface area contributed by atoms with E-state index < -0.39 is 0 Å². The van der Waals surface area contributed by atoms with Crippen LogP contribution in [-0.2, 0) is 0 Å². The lowest BCUT2D eigenvalue weighted by Gasteiger charge is -2.13. The summed E-state index contributed by atoms with van der Waals surface area (Å²) in [5.74, 6) is 0.318. The first-order valence-corrected chi connectivity index (χ1v) is 8.10. The average Bonchev–Trinajstić information content (AvgIpc) is 2.54. The molecule has 0 N–H and O–H groups in total. The Morgan fingerprint density at radius 1 is 1.22 bits per heavy atom. The van der Waals surface area contributed by atoms with Crippen LogP contribution in [0, 0.1) is 5.82 Å². The minimum Gasteiger partial charge on any atom is -0.268 e. The van der Waals surface area contributed by atoms with E-state index in [9.17, 15) is 9.18 Å². The van der Waals surface area contributed by atoms with E-state index in [-0.39, 0.29) is 11.4 Å². The van der Waals surface area contributed by atoms with E-state index in [1.165, 1.54) is 28.5 Å². The van der Waals surface area contributed by atoms with Crippen molar-refractivity contribution in [2.45, 2.75) is 12.1 Å². The number of thioether (sulfide) groups is 1. The van der Waals surface area contributed by atoms with Crippen LogP contribution in [0.1, 0.15) is 6.92 Å². The van der Waals surface area contributed by atoms with Crippen LogP contribution in [0.25, 0.3) is 16.6 Å². The Bertz CT molecular complexity index is 932. The number of para-hydroxylation sites is 1. The Morgan fingerprint density at radius 3 is 2.61 bits per heavy atom. The summed E-state index contributed by atoms with van der Waals surface area (Å²) in [4.78, 5) is 17.5. The van der Waals surface area contributed by atoms with Crippen LogP contribution in [0.5, 0.6) is 0 Å². The van der Waals surface area contributed by atoms with Crippen LogP contribution in [0.15, 0.2) is 70.6 Å². The van der Waals surface area contributed by atoms with Crippen LogP contribution in [0.3, 0.4) is 0 Å². The van der Waals surface area contributed by atoms with Gasteiger partial charge in [-0.1, -0.05) is 36.0 Å². The van der Waals surface area contributed by atoms with Crippen molar-refractivity contribution < 1.29 is 4.39 Å². The first kappa shape index (κ1) is 15.5. The molecule has 0 aliphatic rings. The summed E-state index contributed by atoms with van der Waals surface area (Å²) in [7, 11) is 0. The van der Waals surface area contributed by atoms with Gasteiger partial charge in [-0.15, -0.1) is 0 Å². The SMILES string of the molecule is C=C(C)CSc1nc2ccccc2c(=O)n1-c1ccc(F)cc1. The Kier molecular flexibility index (Phi) is 4.30. The Labute approximate surface area is 137 Å². The van der Waals surface area contributed by atoms with Gasteiger partial charge in [0.15, 0.2) is 5.16 Å². The fraction of sp³-hybridized carbons (Fsp3) is 0.111. The highest BCUT2D eigenvalue weighted by atomic mass is 32.2. The fourth-order valence-corrected chi connectivity index (χ4v) is 3.07. The number of halogens is 1. The lowest BCUT2D eigenvalue weighted by atomic mass is 10.2. The summed E-state index contributed by atoms with van der Waals surface area (Å²) >= 11 is 1.44. The highest BCUT2D eigenvalue weighted by Crippen LogP contribution is 2.22. The lowest BCUT2D eigenvalue weighted by Crippen LogP contribution is -2.21. The number of nitrogens with zero attached hydrogens (tertiary/aromatic N) is 2. The van der Waals surface area contributed by atoms with E-state index in [1.54, 1.807) is 24.3 Å². The predicted octanol–water partition coefficient (Wildman–Crippen LogP) is 4.19. The molecule has 0 amide bonds. The molecule has 0 radical (unpaired) electrons. The summed E-state index contributed by atoms with van der Waals surface area (Å²) in [6.07, 6.45) is 0. The molecule has 0 saturated heterocycles. The molecule has 0 bridgehead atoms. The fourth-order valence-electron chi connectivity index (χ4n) is 2.21. The highest BCUT2D eigenvalue weighted by molar-refractivity contribution is 7.99. The van der Waals surface area contributed by atoms with Gasteiger partial charge in [0, 0.05) is 5.75 Å². The second kappa shape index (κ2) is 6.38. The van der Waals surface area contributed by atoms with E-state index in [4.69, 9.17) is 0 Å². The summed E-state index contributed by atoms with van der Waals surface area (Å²) < 4.78 is 14.7. The maximum atomic E-state index is 13.2. The molecule has 2 aromatic carbocycles. The number of benzene rings is 2. The van der Waals surface area contributed by atoms with Crippen molar-refractivity contribution in [1.82, 2.24) is 9.55 Å². The van der Waals surface area contributed by atoms with Gasteiger partial charge in [0.1, 0.15) is 5.82 Å². The van der Waals surface area contributed by atoms with Gasteiger partial charge in [-0.05, 0) is 43.3 Å². The molecule has 23 heavy (non-hydrogen) atoms. The summed E-state index contributed by atoms with van der Waals surface area (Å²) in [5, 5.41) is 1.11. The Hall–Kier alpha value is -2.40. The maximum absolute atomic E-state index is 13.2. The predicted molar refractivity (Wildman–Crippen MR) is 92.8 cm³/mol. The number of rotatable bonds is 4. The van der Waals surface area contributed by atoms with Gasteiger partial charge in [0.2, 0.25) is 0 Å². The van der Waals surface area contributed by atoms with Crippen molar-refractivity contribution in [3.8, 4) is 5.69 Å². The molecule has 0 saturated carbocycles. The Morgan fingerprint density at radius 2 is 1.91 bits per heavy atom. The van der Waals surface area contributed by atoms with E-state index in [0.29, 0.717) is 27.5 Å². The smallest absolute Gasteiger partial charge is 0.266 e. The number of hydrogen-bond acceptors (Lipinski definition) is 3. The normalized spacial score (nSPS) is 10.9. The molecule has 1 aromatic heterocycles. The second-order valence-corrected chi connectivity index (χ2v) is 6.22. The van der Waals surface area contributed by atoms with Crippen molar-refractivity contribution in [2.24, 2.45) is 0 Å². The molecule has 3 nitrogen and oxygen atoms in total. The maximum Gasteiger partial charge on any atom is 0.266 e. The largest absolute Gasteiger partial charge is 0.268 e. The molecule has 5 heteroatoms. The molecule has 3 aromatic rings. The van der Waals surface area contributed by atoms with Crippen LogP contribution in [-0.4, -0.2) is 15.3 Å². The number of fused-ring (bicyclic) bond motifs is 1. The topological polar surface area (TPSA) is 34.9 Å². The van der Waals surface area contributed by atoms with Gasteiger partial charge >= 0.3 is 0 Å². The molecule has 0 aliphatic carbocycles. The molecule has 0 atom stereocenters. The van der Waals surface area contributed by atoms with Gasteiger partial charge in [0.25, 0.3) is 5.56 Å². The quantitative estimate of drug-likeness (QED) is 0.409. The monoisotopic (exact) mass is 326 g/mol. The van der Waals surface area contributed by atoms with Crippen molar-refractivity contribution in [3.05, 3.63) is 76.9 Å². The first-order chi connectivity index (χ1) is 11.1. The number of hydrogen-bond donors (Lipinski definition) is 0. The van der Waals surface area contributed by atoms with E-state index in [1.807, 2.05) is 19.1 Å². The first-order valence-electron chi connectivity index (χ1n) is 7.11.